The van der Waals surface area contributed by atoms with E-state index in [1.807, 2.05) is 41.3 Å². The van der Waals surface area contributed by atoms with Gasteiger partial charge >= 0.3 is 0 Å². The molecule has 1 N–H and O–H groups in total. The van der Waals surface area contributed by atoms with E-state index in [9.17, 15) is 9.59 Å². The second-order valence-corrected chi connectivity index (χ2v) is 9.88. The third-order valence-corrected chi connectivity index (χ3v) is 7.84. The number of methoxy groups -OCH3 is 1. The highest BCUT2D eigenvalue weighted by molar-refractivity contribution is 5.97. The van der Waals surface area contributed by atoms with Gasteiger partial charge in [0, 0.05) is 29.6 Å². The van der Waals surface area contributed by atoms with Crippen LogP contribution >= 0.6 is 0 Å². The van der Waals surface area contributed by atoms with E-state index < -0.39 is 6.04 Å². The van der Waals surface area contributed by atoms with Crippen LogP contribution in [0.25, 0.3) is 10.9 Å². The van der Waals surface area contributed by atoms with Crippen molar-refractivity contribution in [2.75, 3.05) is 20.2 Å². The van der Waals surface area contributed by atoms with Crippen LogP contribution in [0.4, 0.5) is 0 Å². The van der Waals surface area contributed by atoms with Crippen LogP contribution in [0.15, 0.2) is 60.2 Å². The summed E-state index contributed by atoms with van der Waals surface area (Å²) in [5.41, 5.74) is 5.54. The number of ether oxygens (including phenoxy) is 1. The number of para-hydroxylation sites is 1. The predicted octanol–water partition coefficient (Wildman–Crippen LogP) is 4.75. The van der Waals surface area contributed by atoms with Gasteiger partial charge in [0.05, 0.1) is 19.7 Å². The molecular weight excluding hydrogens is 438 g/mol. The standard InChI is InChI=1S/C29H31N3O3/c1-35-21-11-7-10-20(16-21)28-27-23(22-12-5-6-13-24(22)30-27)17-25-29(34)31(18-26(33)32(25)28)15-14-19-8-3-2-4-9-19/h5-8,10-13,16,25,28,30H,2-4,9,14-15,17-18H2,1H3/t25-,28-/m0/s1. The summed E-state index contributed by atoms with van der Waals surface area (Å²) >= 11 is 0. The van der Waals surface area contributed by atoms with E-state index in [1.165, 1.54) is 18.4 Å². The molecule has 35 heavy (non-hydrogen) atoms. The number of allylic oxidation sites excluding steroid dienone is 1. The molecule has 0 unspecified atom stereocenters. The zero-order valence-corrected chi connectivity index (χ0v) is 20.1. The molecule has 0 saturated carbocycles. The van der Waals surface area contributed by atoms with Crippen LogP contribution in [-0.4, -0.2) is 52.8 Å². The normalized spacial score (nSPS) is 22.1. The molecule has 3 heterocycles. The molecule has 0 spiro atoms. The van der Waals surface area contributed by atoms with E-state index in [-0.39, 0.29) is 24.4 Å². The first-order chi connectivity index (χ1) is 17.1. The van der Waals surface area contributed by atoms with Gasteiger partial charge in [0.2, 0.25) is 11.8 Å². The summed E-state index contributed by atoms with van der Waals surface area (Å²) in [5.74, 6) is 0.801. The fourth-order valence-corrected chi connectivity index (χ4v) is 6.08. The number of carbonyl (C=O) groups excluding carboxylic acids is 2. The summed E-state index contributed by atoms with van der Waals surface area (Å²) in [6, 6.07) is 15.2. The first-order valence-electron chi connectivity index (χ1n) is 12.7. The highest BCUT2D eigenvalue weighted by Crippen LogP contribution is 2.43. The van der Waals surface area contributed by atoms with Crippen molar-refractivity contribution >= 4 is 22.7 Å². The second kappa shape index (κ2) is 8.91. The molecule has 1 saturated heterocycles. The van der Waals surface area contributed by atoms with Crippen LogP contribution in [0.2, 0.25) is 0 Å². The predicted molar refractivity (Wildman–Crippen MR) is 135 cm³/mol. The van der Waals surface area contributed by atoms with Gasteiger partial charge in [-0.15, -0.1) is 0 Å². The Labute approximate surface area is 205 Å². The quantitative estimate of drug-likeness (QED) is 0.549. The number of nitrogens with zero attached hydrogens (tertiary/aromatic N) is 2. The van der Waals surface area contributed by atoms with Crippen LogP contribution in [0.1, 0.15) is 55.0 Å². The van der Waals surface area contributed by atoms with E-state index in [4.69, 9.17) is 4.74 Å². The topological polar surface area (TPSA) is 65.6 Å². The number of amides is 2. The lowest BCUT2D eigenvalue weighted by Gasteiger charge is -2.47. The van der Waals surface area contributed by atoms with E-state index in [2.05, 4.69) is 23.2 Å². The van der Waals surface area contributed by atoms with Gasteiger partial charge in [0.15, 0.2) is 0 Å². The first kappa shape index (κ1) is 22.0. The number of aromatic nitrogens is 1. The molecule has 2 amide bonds. The highest BCUT2D eigenvalue weighted by Gasteiger charge is 2.48. The van der Waals surface area contributed by atoms with E-state index in [1.54, 1.807) is 12.0 Å². The van der Waals surface area contributed by atoms with Crippen LogP contribution in [0.3, 0.4) is 0 Å². The van der Waals surface area contributed by atoms with Gasteiger partial charge in [-0.2, -0.15) is 0 Å². The minimum atomic E-state index is -0.500. The van der Waals surface area contributed by atoms with Gasteiger partial charge in [0.1, 0.15) is 11.8 Å². The summed E-state index contributed by atoms with van der Waals surface area (Å²) in [4.78, 5) is 34.7. The second-order valence-electron chi connectivity index (χ2n) is 9.88. The minimum Gasteiger partial charge on any atom is -0.497 e. The van der Waals surface area contributed by atoms with Gasteiger partial charge in [-0.25, -0.2) is 0 Å². The molecule has 3 aromatic rings. The maximum Gasteiger partial charge on any atom is 0.246 e. The van der Waals surface area contributed by atoms with Crippen molar-refractivity contribution in [3.63, 3.8) is 0 Å². The summed E-state index contributed by atoms with van der Waals surface area (Å²) in [6.07, 6.45) is 8.43. The number of piperazine rings is 1. The smallest absolute Gasteiger partial charge is 0.246 e. The SMILES string of the molecule is COc1cccc([C@H]2c3[nH]c4ccccc4c3C[C@H]3C(=O)N(CCC4=CCCCC4)CC(=O)N23)c1. The summed E-state index contributed by atoms with van der Waals surface area (Å²) in [6.45, 7) is 0.754. The van der Waals surface area contributed by atoms with Crippen LogP contribution in [-0.2, 0) is 16.0 Å². The number of rotatable bonds is 5. The van der Waals surface area contributed by atoms with Crippen molar-refractivity contribution in [1.29, 1.82) is 0 Å². The van der Waals surface area contributed by atoms with E-state index >= 15 is 0 Å². The number of H-pyrrole nitrogens is 1. The maximum absolute atomic E-state index is 13.8. The number of carbonyl (C=O) groups is 2. The summed E-state index contributed by atoms with van der Waals surface area (Å²) < 4.78 is 5.49. The van der Waals surface area contributed by atoms with Gasteiger partial charge < -0.3 is 19.5 Å². The molecule has 6 nitrogen and oxygen atoms in total. The zero-order valence-electron chi connectivity index (χ0n) is 20.1. The zero-order chi connectivity index (χ0) is 23.9. The summed E-state index contributed by atoms with van der Waals surface area (Å²) in [7, 11) is 1.65. The van der Waals surface area contributed by atoms with Gasteiger partial charge in [-0.3, -0.25) is 9.59 Å². The van der Waals surface area contributed by atoms with E-state index in [0.29, 0.717) is 13.0 Å². The lowest BCUT2D eigenvalue weighted by atomic mass is 9.86. The van der Waals surface area contributed by atoms with Crippen LogP contribution in [0.5, 0.6) is 5.75 Å². The Bertz CT molecular complexity index is 1320. The fraction of sp³-hybridized carbons (Fsp3) is 0.379. The number of nitrogens with one attached hydrogen (secondary N) is 1. The van der Waals surface area contributed by atoms with Gasteiger partial charge in [0.25, 0.3) is 0 Å². The van der Waals surface area contributed by atoms with Crippen LogP contribution in [0, 0.1) is 0 Å². The maximum atomic E-state index is 13.8. The van der Waals surface area contributed by atoms with Crippen molar-refractivity contribution in [3.05, 3.63) is 77.0 Å². The van der Waals surface area contributed by atoms with Crippen molar-refractivity contribution in [2.45, 2.75) is 50.6 Å². The van der Waals surface area contributed by atoms with Crippen molar-refractivity contribution in [3.8, 4) is 5.75 Å². The Hall–Kier alpha value is -3.54. The fourth-order valence-electron chi connectivity index (χ4n) is 6.08. The lowest BCUT2D eigenvalue weighted by Crippen LogP contribution is -2.63. The van der Waals surface area contributed by atoms with Crippen molar-refractivity contribution in [2.24, 2.45) is 0 Å². The lowest BCUT2D eigenvalue weighted by molar-refractivity contribution is -0.158. The Morgan fingerprint density at radius 2 is 1.97 bits per heavy atom. The molecule has 1 aromatic heterocycles. The molecule has 2 aliphatic heterocycles. The number of hydrogen-bond acceptors (Lipinski definition) is 3. The van der Waals surface area contributed by atoms with Crippen molar-refractivity contribution in [1.82, 2.24) is 14.8 Å². The van der Waals surface area contributed by atoms with Gasteiger partial charge in [-0.05, 0) is 61.4 Å². The summed E-state index contributed by atoms with van der Waals surface area (Å²) in [5, 5.41) is 1.12. The van der Waals surface area contributed by atoms with E-state index in [0.717, 1.165) is 52.7 Å². The number of hydrogen-bond donors (Lipinski definition) is 1. The number of aromatic amines is 1. The molecule has 3 aliphatic rings. The third-order valence-electron chi connectivity index (χ3n) is 7.84. The molecule has 180 valence electrons. The van der Waals surface area contributed by atoms with Crippen LogP contribution < -0.4 is 4.74 Å². The minimum absolute atomic E-state index is 0.00403. The number of fused-ring (bicyclic) bond motifs is 4. The molecule has 2 atom stereocenters. The Balaban J connectivity index is 1.39. The molecule has 1 aliphatic carbocycles. The third kappa shape index (κ3) is 3.81. The molecule has 6 rings (SSSR count). The average molecular weight is 470 g/mol. The Kier molecular flexibility index (Phi) is 5.59. The number of benzene rings is 2. The molecular formula is C29H31N3O3. The molecule has 0 bridgehead atoms. The Morgan fingerprint density at radius 1 is 1.09 bits per heavy atom. The first-order valence-corrected chi connectivity index (χ1v) is 12.7. The molecule has 0 radical (unpaired) electrons. The monoisotopic (exact) mass is 469 g/mol. The largest absolute Gasteiger partial charge is 0.497 e. The van der Waals surface area contributed by atoms with Gasteiger partial charge in [-0.1, -0.05) is 42.0 Å². The molecule has 1 fully saturated rings. The molecule has 6 heteroatoms. The Morgan fingerprint density at radius 3 is 2.80 bits per heavy atom. The highest BCUT2D eigenvalue weighted by atomic mass is 16.5. The average Bonchev–Trinajstić information content (AvgIpc) is 3.27. The van der Waals surface area contributed by atoms with Crippen molar-refractivity contribution < 1.29 is 14.3 Å². The molecule has 2 aromatic carbocycles.